The van der Waals surface area contributed by atoms with Crippen LogP contribution in [0.1, 0.15) is 16.7 Å². The fourth-order valence-corrected chi connectivity index (χ4v) is 4.32. The summed E-state index contributed by atoms with van der Waals surface area (Å²) in [5.41, 5.74) is 0.989. The van der Waals surface area contributed by atoms with Crippen LogP contribution in [0.2, 0.25) is 0 Å². The quantitative estimate of drug-likeness (QED) is 0.804. The number of alkyl halides is 3. The van der Waals surface area contributed by atoms with Gasteiger partial charge in [-0.05, 0) is 28.8 Å². The number of sulfone groups is 1. The van der Waals surface area contributed by atoms with Gasteiger partial charge in [-0.2, -0.15) is 13.2 Å². The largest absolute Gasteiger partial charge is 0.416 e. The van der Waals surface area contributed by atoms with Crippen molar-refractivity contribution in [2.24, 2.45) is 0 Å². The Balaban J connectivity index is 1.88. The number of halogens is 3. The third kappa shape index (κ3) is 4.16. The summed E-state index contributed by atoms with van der Waals surface area (Å²) >= 11 is 0. The highest BCUT2D eigenvalue weighted by molar-refractivity contribution is 8.00. The van der Waals surface area contributed by atoms with E-state index < -0.39 is 21.6 Å². The van der Waals surface area contributed by atoms with Gasteiger partial charge in [-0.25, -0.2) is 8.42 Å². The molecule has 138 valence electrons. The lowest BCUT2D eigenvalue weighted by molar-refractivity contribution is -0.137. The lowest BCUT2D eigenvalue weighted by atomic mass is 10.0. The van der Waals surface area contributed by atoms with Crippen molar-refractivity contribution in [1.82, 2.24) is 4.90 Å². The van der Waals surface area contributed by atoms with Crippen LogP contribution in [0.5, 0.6) is 0 Å². The molecule has 1 aliphatic rings. The van der Waals surface area contributed by atoms with Crippen molar-refractivity contribution >= 4 is 14.7 Å². The van der Waals surface area contributed by atoms with Crippen LogP contribution in [0.3, 0.4) is 0 Å². The van der Waals surface area contributed by atoms with Gasteiger partial charge in [0.2, 0.25) is 0 Å². The summed E-state index contributed by atoms with van der Waals surface area (Å²) in [6.07, 6.45) is -3.47. The molecule has 1 heterocycles. The summed E-state index contributed by atoms with van der Waals surface area (Å²) in [7, 11) is -3.65. The molecule has 1 saturated heterocycles. The van der Waals surface area contributed by atoms with E-state index in [-0.39, 0.29) is 10.5 Å². The Morgan fingerprint density at radius 2 is 1.69 bits per heavy atom. The number of hydrogen-bond acceptors (Lipinski definition) is 3. The normalized spacial score (nSPS) is 15.6. The minimum Gasteiger partial charge on any atom is -0.291 e. The van der Waals surface area contributed by atoms with Gasteiger partial charge in [0.05, 0.1) is 10.5 Å². The zero-order valence-electron chi connectivity index (χ0n) is 14.1. The molecular formula is C19H18F3NO2S. The molecule has 0 unspecified atom stereocenters. The lowest BCUT2D eigenvalue weighted by Gasteiger charge is -2.35. The molecule has 2 aromatic carbocycles. The molecule has 0 aromatic heterocycles. The Kier molecular flexibility index (Phi) is 4.94. The van der Waals surface area contributed by atoms with Gasteiger partial charge in [0.1, 0.15) is 0 Å². The zero-order chi connectivity index (χ0) is 18.9. The molecule has 0 saturated carbocycles. The van der Waals surface area contributed by atoms with Crippen molar-refractivity contribution in [3.63, 3.8) is 0 Å². The molecule has 0 aliphatic carbocycles. The van der Waals surface area contributed by atoms with E-state index in [9.17, 15) is 21.6 Å². The van der Waals surface area contributed by atoms with Crippen LogP contribution in [0.4, 0.5) is 13.2 Å². The Morgan fingerprint density at radius 1 is 1.04 bits per heavy atom. The van der Waals surface area contributed by atoms with Crippen LogP contribution >= 0.6 is 0 Å². The van der Waals surface area contributed by atoms with Crippen LogP contribution in [0.15, 0.2) is 60.2 Å². The molecule has 0 radical (unpaired) electrons. The molecule has 1 aliphatic heterocycles. The van der Waals surface area contributed by atoms with Crippen LogP contribution in [-0.2, 0) is 22.6 Å². The molecule has 3 rings (SSSR count). The monoisotopic (exact) mass is 381 g/mol. The Morgan fingerprint density at radius 3 is 2.27 bits per heavy atom. The summed E-state index contributed by atoms with van der Waals surface area (Å²) in [6.45, 7) is 1.52. The van der Waals surface area contributed by atoms with E-state index in [0.717, 1.165) is 24.0 Å². The van der Waals surface area contributed by atoms with E-state index in [0.29, 0.717) is 25.2 Å². The lowest BCUT2D eigenvalue weighted by Crippen LogP contribution is -2.40. The third-order valence-electron chi connectivity index (χ3n) is 4.22. The number of nitrogens with zero attached hydrogens (tertiary/aromatic N) is 1. The van der Waals surface area contributed by atoms with Gasteiger partial charge in [0, 0.05) is 25.9 Å². The van der Waals surface area contributed by atoms with E-state index >= 15 is 0 Å². The summed E-state index contributed by atoms with van der Waals surface area (Å²) in [4.78, 5) is 2.05. The first-order valence-electron chi connectivity index (χ1n) is 8.00. The van der Waals surface area contributed by atoms with Gasteiger partial charge in [-0.3, -0.25) is 4.90 Å². The summed E-state index contributed by atoms with van der Waals surface area (Å²) in [5.74, 6) is 0. The highest BCUT2D eigenvalue weighted by Gasteiger charge is 2.33. The van der Waals surface area contributed by atoms with Crippen molar-refractivity contribution < 1.29 is 21.6 Å². The zero-order valence-corrected chi connectivity index (χ0v) is 14.9. The number of benzene rings is 2. The second-order valence-electron chi connectivity index (χ2n) is 6.41. The van der Waals surface area contributed by atoms with E-state index in [2.05, 4.69) is 0 Å². The molecule has 0 N–H and O–H groups in total. The fourth-order valence-electron chi connectivity index (χ4n) is 3.11. The standard InChI is InChI=1S/C19H18F3NO2S/c1-26(24,25)18(15-8-5-9-17(10-15)19(20,21)22)16-12-23(13-16)11-14-6-3-2-4-7-14/h2-10H,11-13H2,1H3. The van der Waals surface area contributed by atoms with Crippen LogP contribution in [0.25, 0.3) is 4.91 Å². The Labute approximate surface area is 150 Å². The van der Waals surface area contributed by atoms with Crippen LogP contribution in [0, 0.1) is 0 Å². The molecule has 0 amide bonds. The van der Waals surface area contributed by atoms with Gasteiger partial charge in [-0.15, -0.1) is 0 Å². The molecular weight excluding hydrogens is 363 g/mol. The first-order valence-corrected chi connectivity index (χ1v) is 9.90. The van der Waals surface area contributed by atoms with Gasteiger partial charge in [0.15, 0.2) is 9.84 Å². The predicted molar refractivity (Wildman–Crippen MR) is 94.9 cm³/mol. The first kappa shape index (κ1) is 18.7. The van der Waals surface area contributed by atoms with Gasteiger partial charge in [-0.1, -0.05) is 42.5 Å². The smallest absolute Gasteiger partial charge is 0.291 e. The summed E-state index contributed by atoms with van der Waals surface area (Å²) < 4.78 is 63.3. The summed E-state index contributed by atoms with van der Waals surface area (Å²) in [5, 5.41) is 0. The van der Waals surface area contributed by atoms with Crippen molar-refractivity contribution in [3.05, 3.63) is 76.9 Å². The molecule has 0 atom stereocenters. The fraction of sp³-hybridized carbons (Fsp3) is 0.263. The average molecular weight is 381 g/mol. The van der Waals surface area contributed by atoms with E-state index in [1.807, 2.05) is 35.2 Å². The van der Waals surface area contributed by atoms with Crippen LogP contribution in [-0.4, -0.2) is 32.7 Å². The topological polar surface area (TPSA) is 37.4 Å². The number of rotatable bonds is 4. The van der Waals surface area contributed by atoms with E-state index in [1.54, 1.807) is 0 Å². The highest BCUT2D eigenvalue weighted by atomic mass is 32.2. The van der Waals surface area contributed by atoms with E-state index in [4.69, 9.17) is 0 Å². The highest BCUT2D eigenvalue weighted by Crippen LogP contribution is 2.35. The molecule has 2 aromatic rings. The number of hydrogen-bond donors (Lipinski definition) is 0. The van der Waals surface area contributed by atoms with Crippen molar-refractivity contribution in [2.75, 3.05) is 19.3 Å². The second-order valence-corrected chi connectivity index (χ2v) is 8.37. The molecule has 26 heavy (non-hydrogen) atoms. The van der Waals surface area contributed by atoms with Crippen molar-refractivity contribution in [1.29, 1.82) is 0 Å². The average Bonchev–Trinajstić information content (AvgIpc) is 2.52. The Bertz CT molecular complexity index is 927. The maximum atomic E-state index is 13.0. The SMILES string of the molecule is CS(=O)(=O)C(=C1CN(Cc2ccccc2)C1)c1cccc(C(F)(F)F)c1. The molecule has 7 heteroatoms. The number of likely N-dealkylation sites (tertiary alicyclic amines) is 1. The third-order valence-corrected chi connectivity index (χ3v) is 5.49. The predicted octanol–water partition coefficient (Wildman–Crippen LogP) is 3.98. The van der Waals surface area contributed by atoms with Crippen molar-refractivity contribution in [3.8, 4) is 0 Å². The molecule has 0 bridgehead atoms. The van der Waals surface area contributed by atoms with Gasteiger partial charge in [0.25, 0.3) is 0 Å². The maximum absolute atomic E-state index is 13.0. The minimum absolute atomic E-state index is 0.00733. The molecule has 1 fully saturated rings. The van der Waals surface area contributed by atoms with Crippen LogP contribution < -0.4 is 0 Å². The van der Waals surface area contributed by atoms with E-state index in [1.165, 1.54) is 12.1 Å². The molecule has 3 nitrogen and oxygen atoms in total. The maximum Gasteiger partial charge on any atom is 0.416 e. The van der Waals surface area contributed by atoms with Gasteiger partial charge >= 0.3 is 6.18 Å². The summed E-state index contributed by atoms with van der Waals surface area (Å²) in [6, 6.07) is 14.2. The van der Waals surface area contributed by atoms with Gasteiger partial charge < -0.3 is 0 Å². The molecule has 0 spiro atoms. The second kappa shape index (κ2) is 6.89. The first-order chi connectivity index (χ1) is 12.1. The van der Waals surface area contributed by atoms with Crippen molar-refractivity contribution in [2.45, 2.75) is 12.7 Å². The Hall–Kier alpha value is -2.12. The minimum atomic E-state index is -4.51.